The number of H-pyrrole nitrogens is 1. The highest BCUT2D eigenvalue weighted by Crippen LogP contribution is 2.23. The number of thioether (sulfide) groups is 1. The van der Waals surface area contributed by atoms with Gasteiger partial charge in [-0.1, -0.05) is 18.2 Å². The molecule has 1 aliphatic rings. The first kappa shape index (κ1) is 17.2. The zero-order valence-corrected chi connectivity index (χ0v) is 15.2. The van der Waals surface area contributed by atoms with Gasteiger partial charge in [-0.2, -0.15) is 0 Å². The van der Waals surface area contributed by atoms with Gasteiger partial charge in [-0.15, -0.1) is 11.8 Å². The molecule has 6 nitrogen and oxygen atoms in total. The highest BCUT2D eigenvalue weighted by molar-refractivity contribution is 7.98. The number of aromatic nitrogens is 2. The number of benzene rings is 1. The molecule has 0 radical (unpaired) electrons. The van der Waals surface area contributed by atoms with Gasteiger partial charge in [0, 0.05) is 36.3 Å². The molecule has 0 spiro atoms. The van der Waals surface area contributed by atoms with Gasteiger partial charge in [0.05, 0.1) is 5.69 Å². The molecule has 0 aliphatic carbocycles. The van der Waals surface area contributed by atoms with Crippen LogP contribution in [0.1, 0.15) is 16.8 Å². The smallest absolute Gasteiger partial charge is 0.255 e. The Bertz CT molecular complexity index is 922. The zero-order chi connectivity index (χ0) is 17.3. The Hall–Kier alpha value is -1.64. The van der Waals surface area contributed by atoms with E-state index in [1.165, 1.54) is 10.5 Å². The molecule has 3 rings (SSSR count). The molecule has 0 unspecified atom stereocenters. The molecule has 1 aromatic carbocycles. The van der Waals surface area contributed by atoms with Gasteiger partial charge in [0.1, 0.15) is 0 Å². The van der Waals surface area contributed by atoms with Crippen LogP contribution in [0.5, 0.6) is 0 Å². The fourth-order valence-corrected chi connectivity index (χ4v) is 4.02. The van der Waals surface area contributed by atoms with Gasteiger partial charge in [-0.3, -0.25) is 14.7 Å². The summed E-state index contributed by atoms with van der Waals surface area (Å²) in [4.78, 5) is 22.1. The molecule has 2 aromatic rings. The van der Waals surface area contributed by atoms with Crippen LogP contribution in [0.2, 0.25) is 0 Å². The maximum Gasteiger partial charge on any atom is 0.255 e. The monoisotopic (exact) mass is 365 g/mol. The van der Waals surface area contributed by atoms with Crippen molar-refractivity contribution in [3.05, 3.63) is 51.4 Å². The predicted octanol–water partition coefficient (Wildman–Crippen LogP) is 1.45. The second-order valence-electron chi connectivity index (χ2n) is 5.84. The highest BCUT2D eigenvalue weighted by Gasteiger charge is 2.23. The molecule has 1 aromatic heterocycles. The summed E-state index contributed by atoms with van der Waals surface area (Å²) in [6.45, 7) is 1.97. The van der Waals surface area contributed by atoms with Crippen LogP contribution in [-0.4, -0.2) is 42.3 Å². The third-order valence-electron chi connectivity index (χ3n) is 4.07. The summed E-state index contributed by atoms with van der Waals surface area (Å²) in [6, 6.07) is 8.20. The molecule has 1 aliphatic heterocycles. The molecule has 2 heterocycles. The lowest BCUT2D eigenvalue weighted by atomic mass is 10.1. The van der Waals surface area contributed by atoms with Gasteiger partial charge in [0.15, 0.2) is 0 Å². The van der Waals surface area contributed by atoms with E-state index < -0.39 is 9.84 Å². The molecule has 0 saturated heterocycles. The molecule has 128 valence electrons. The molecular weight excluding hydrogens is 346 g/mol. The first-order valence-electron chi connectivity index (χ1n) is 7.55. The Balaban J connectivity index is 1.89. The highest BCUT2D eigenvalue weighted by atomic mass is 32.2. The van der Waals surface area contributed by atoms with Crippen molar-refractivity contribution in [2.24, 2.45) is 0 Å². The van der Waals surface area contributed by atoms with Gasteiger partial charge < -0.3 is 0 Å². The average molecular weight is 365 g/mol. The van der Waals surface area contributed by atoms with E-state index in [0.29, 0.717) is 24.2 Å². The fraction of sp³-hybridized carbons (Fsp3) is 0.375. The molecule has 0 saturated carbocycles. The summed E-state index contributed by atoms with van der Waals surface area (Å²) in [6.07, 6.45) is 3.67. The lowest BCUT2D eigenvalue weighted by Gasteiger charge is -2.28. The van der Waals surface area contributed by atoms with Crippen LogP contribution in [-0.2, 0) is 29.3 Å². The van der Waals surface area contributed by atoms with Gasteiger partial charge in [-0.25, -0.2) is 13.4 Å². The van der Waals surface area contributed by atoms with E-state index in [0.717, 1.165) is 19.3 Å². The number of aromatic amines is 1. The standard InChI is InChI=1S/C16H19N3O3S2/c1-23-14-6-4-3-5-11(14)9-19-8-7-12-13(10-19)17-16(18-15(12)20)24(2,21)22/h3-6H,7-10H2,1-2H3,(H,17,18,20). The normalized spacial score (nSPS) is 15.2. The number of fused-ring (bicyclic) bond motifs is 1. The van der Waals surface area contributed by atoms with E-state index in [2.05, 4.69) is 27.0 Å². The largest absolute Gasteiger partial charge is 0.297 e. The maximum absolute atomic E-state index is 12.1. The van der Waals surface area contributed by atoms with E-state index in [-0.39, 0.29) is 10.7 Å². The summed E-state index contributed by atoms with van der Waals surface area (Å²) in [5.41, 5.74) is 2.04. The van der Waals surface area contributed by atoms with Crippen molar-refractivity contribution in [2.75, 3.05) is 19.1 Å². The molecule has 0 amide bonds. The lowest BCUT2D eigenvalue weighted by molar-refractivity contribution is 0.237. The van der Waals surface area contributed by atoms with Gasteiger partial charge >= 0.3 is 0 Å². The third kappa shape index (κ3) is 3.55. The van der Waals surface area contributed by atoms with Gasteiger partial charge in [0.25, 0.3) is 5.56 Å². The Morgan fingerprint density at radius 3 is 2.79 bits per heavy atom. The molecule has 24 heavy (non-hydrogen) atoms. The number of rotatable bonds is 4. The Morgan fingerprint density at radius 1 is 1.33 bits per heavy atom. The van der Waals surface area contributed by atoms with E-state index >= 15 is 0 Å². The molecule has 0 fully saturated rings. The number of hydrogen-bond acceptors (Lipinski definition) is 6. The van der Waals surface area contributed by atoms with Crippen molar-refractivity contribution in [2.45, 2.75) is 29.6 Å². The zero-order valence-electron chi connectivity index (χ0n) is 13.6. The maximum atomic E-state index is 12.1. The molecular formula is C16H19N3O3S2. The van der Waals surface area contributed by atoms with Crippen molar-refractivity contribution >= 4 is 21.6 Å². The van der Waals surface area contributed by atoms with Crippen molar-refractivity contribution in [3.8, 4) is 0 Å². The second-order valence-corrected chi connectivity index (χ2v) is 8.62. The van der Waals surface area contributed by atoms with Crippen molar-refractivity contribution in [1.29, 1.82) is 0 Å². The SMILES string of the molecule is CSc1ccccc1CN1CCc2c(nc(S(C)(=O)=O)[nH]c2=O)C1. The summed E-state index contributed by atoms with van der Waals surface area (Å²) in [5.74, 6) is 0. The van der Waals surface area contributed by atoms with Crippen LogP contribution < -0.4 is 5.56 Å². The van der Waals surface area contributed by atoms with Crippen LogP contribution in [0.15, 0.2) is 39.1 Å². The van der Waals surface area contributed by atoms with Crippen LogP contribution in [0.4, 0.5) is 0 Å². The number of sulfone groups is 1. The Kier molecular flexibility index (Phi) is 4.80. The first-order chi connectivity index (χ1) is 11.4. The third-order valence-corrected chi connectivity index (χ3v) is 5.80. The molecule has 8 heteroatoms. The molecule has 0 bridgehead atoms. The average Bonchev–Trinajstić information content (AvgIpc) is 2.54. The Morgan fingerprint density at radius 2 is 2.08 bits per heavy atom. The fourth-order valence-electron chi connectivity index (χ4n) is 2.86. The van der Waals surface area contributed by atoms with E-state index in [1.54, 1.807) is 11.8 Å². The minimum absolute atomic E-state index is 0.252. The molecule has 0 atom stereocenters. The predicted molar refractivity (Wildman–Crippen MR) is 94.0 cm³/mol. The van der Waals surface area contributed by atoms with E-state index in [1.807, 2.05) is 18.4 Å². The van der Waals surface area contributed by atoms with Crippen LogP contribution in [0, 0.1) is 0 Å². The summed E-state index contributed by atoms with van der Waals surface area (Å²) in [7, 11) is -3.53. The van der Waals surface area contributed by atoms with E-state index in [9.17, 15) is 13.2 Å². The lowest BCUT2D eigenvalue weighted by Crippen LogP contribution is -2.35. The first-order valence-corrected chi connectivity index (χ1v) is 10.7. The van der Waals surface area contributed by atoms with Crippen molar-refractivity contribution in [1.82, 2.24) is 14.9 Å². The van der Waals surface area contributed by atoms with Crippen LogP contribution in [0.25, 0.3) is 0 Å². The summed E-state index contributed by atoms with van der Waals surface area (Å²) < 4.78 is 23.4. The number of hydrogen-bond donors (Lipinski definition) is 1. The van der Waals surface area contributed by atoms with Gasteiger partial charge in [-0.05, 0) is 24.3 Å². The topological polar surface area (TPSA) is 83.1 Å². The summed E-state index contributed by atoms with van der Waals surface area (Å²) >= 11 is 1.70. The second kappa shape index (κ2) is 6.70. The summed E-state index contributed by atoms with van der Waals surface area (Å²) in [5, 5.41) is -0.252. The minimum atomic E-state index is -3.53. The van der Waals surface area contributed by atoms with Crippen LogP contribution >= 0.6 is 11.8 Å². The van der Waals surface area contributed by atoms with E-state index in [4.69, 9.17) is 0 Å². The quantitative estimate of drug-likeness (QED) is 0.652. The molecule has 1 N–H and O–H groups in total. The minimum Gasteiger partial charge on any atom is -0.297 e. The van der Waals surface area contributed by atoms with Gasteiger partial charge in [0.2, 0.25) is 15.0 Å². The number of nitrogens with zero attached hydrogens (tertiary/aromatic N) is 2. The van der Waals surface area contributed by atoms with Crippen LogP contribution in [0.3, 0.4) is 0 Å². The van der Waals surface area contributed by atoms with Crippen molar-refractivity contribution < 1.29 is 8.42 Å². The Labute approximate surface area is 145 Å². The van der Waals surface area contributed by atoms with Crippen molar-refractivity contribution in [3.63, 3.8) is 0 Å². The number of nitrogens with one attached hydrogen (secondary N) is 1.